The van der Waals surface area contributed by atoms with E-state index in [-0.39, 0.29) is 28.7 Å². The molecule has 0 radical (unpaired) electrons. The summed E-state index contributed by atoms with van der Waals surface area (Å²) in [6.07, 6.45) is 0. The molecule has 19 heavy (non-hydrogen) atoms. The molecule has 0 spiro atoms. The van der Waals surface area contributed by atoms with Crippen molar-refractivity contribution < 1.29 is 14.5 Å². The van der Waals surface area contributed by atoms with Crippen LogP contribution in [0.4, 0.5) is 5.69 Å². The Hall–Kier alpha value is -2.15. The summed E-state index contributed by atoms with van der Waals surface area (Å²) in [5.41, 5.74) is -0.0325. The molecule has 0 saturated heterocycles. The van der Waals surface area contributed by atoms with Gasteiger partial charge in [0.1, 0.15) is 5.02 Å². The zero-order chi connectivity index (χ0) is 14.4. The lowest BCUT2D eigenvalue weighted by Crippen LogP contribution is -2.33. The second-order valence-electron chi connectivity index (χ2n) is 3.66. The molecule has 102 valence electrons. The van der Waals surface area contributed by atoms with Crippen molar-refractivity contribution >= 4 is 29.1 Å². The minimum Gasteiger partial charge on any atom is -0.355 e. The third-order valence-electron chi connectivity index (χ3n) is 2.19. The Labute approximate surface area is 114 Å². The molecule has 0 aliphatic carbocycles. The number of nitrogens with one attached hydrogen (secondary N) is 2. The quantitative estimate of drug-likeness (QED) is 0.481. The average Bonchev–Trinajstić information content (AvgIpc) is 2.33. The zero-order valence-electron chi connectivity index (χ0n) is 10.1. The fourth-order valence-corrected chi connectivity index (χ4v) is 1.56. The normalized spacial score (nSPS) is 9.79. The number of nitro groups is 1. The first-order valence-electron chi connectivity index (χ1n) is 5.38. The van der Waals surface area contributed by atoms with Crippen LogP contribution in [-0.4, -0.2) is 29.8 Å². The van der Waals surface area contributed by atoms with Crippen LogP contribution in [0.1, 0.15) is 17.3 Å². The molecule has 7 nitrogen and oxygen atoms in total. The summed E-state index contributed by atoms with van der Waals surface area (Å²) in [5, 5.41) is 15.5. The predicted octanol–water partition coefficient (Wildman–Crippen LogP) is 1.11. The molecule has 8 heteroatoms. The maximum atomic E-state index is 11.7. The van der Waals surface area contributed by atoms with E-state index in [1.165, 1.54) is 25.1 Å². The van der Waals surface area contributed by atoms with Crippen molar-refractivity contribution in [3.63, 3.8) is 0 Å². The van der Waals surface area contributed by atoms with Crippen molar-refractivity contribution in [3.8, 4) is 0 Å². The van der Waals surface area contributed by atoms with Gasteiger partial charge in [0.2, 0.25) is 5.91 Å². The number of halogens is 1. The van der Waals surface area contributed by atoms with Crippen LogP contribution in [-0.2, 0) is 4.79 Å². The van der Waals surface area contributed by atoms with Crippen molar-refractivity contribution in [2.24, 2.45) is 0 Å². The molecular weight excluding hydrogens is 274 g/mol. The number of benzene rings is 1. The Morgan fingerprint density at radius 3 is 2.47 bits per heavy atom. The number of hydrogen-bond acceptors (Lipinski definition) is 4. The summed E-state index contributed by atoms with van der Waals surface area (Å²) >= 11 is 5.69. The molecule has 0 aromatic heterocycles. The number of nitrogens with zero attached hydrogens (tertiary/aromatic N) is 1. The molecule has 0 unspecified atom stereocenters. The molecule has 1 aromatic carbocycles. The van der Waals surface area contributed by atoms with Crippen molar-refractivity contribution in [1.29, 1.82) is 0 Å². The molecule has 0 fully saturated rings. The first-order valence-corrected chi connectivity index (χ1v) is 5.76. The molecule has 1 rings (SSSR count). The largest absolute Gasteiger partial charge is 0.355 e. The summed E-state index contributed by atoms with van der Waals surface area (Å²) in [5.74, 6) is -0.602. The van der Waals surface area contributed by atoms with Crippen molar-refractivity contribution in [2.75, 3.05) is 13.1 Å². The molecule has 2 amide bonds. The van der Waals surface area contributed by atoms with Gasteiger partial charge in [-0.25, -0.2) is 0 Å². The second-order valence-corrected chi connectivity index (χ2v) is 4.07. The smallest absolute Gasteiger partial charge is 0.287 e. The summed E-state index contributed by atoms with van der Waals surface area (Å²) in [6, 6.07) is 3.72. The first-order chi connectivity index (χ1) is 8.91. The number of rotatable bonds is 5. The van der Waals surface area contributed by atoms with E-state index in [2.05, 4.69) is 10.6 Å². The van der Waals surface area contributed by atoms with Gasteiger partial charge in [0, 0.05) is 31.6 Å². The Bertz CT molecular complexity index is 519. The third kappa shape index (κ3) is 4.55. The fraction of sp³-hybridized carbons (Fsp3) is 0.273. The van der Waals surface area contributed by atoms with Gasteiger partial charge in [0.15, 0.2) is 0 Å². The van der Waals surface area contributed by atoms with Gasteiger partial charge >= 0.3 is 0 Å². The lowest BCUT2D eigenvalue weighted by atomic mass is 10.2. The number of carbonyl (C=O) groups is 2. The molecule has 0 bridgehead atoms. The average molecular weight is 286 g/mol. The Morgan fingerprint density at radius 2 is 1.95 bits per heavy atom. The number of carbonyl (C=O) groups excluding carboxylic acids is 2. The molecule has 0 aliphatic heterocycles. The molecule has 0 atom stereocenters. The van der Waals surface area contributed by atoms with Crippen LogP contribution >= 0.6 is 11.6 Å². The first kappa shape index (κ1) is 14.9. The molecule has 0 saturated carbocycles. The summed E-state index contributed by atoms with van der Waals surface area (Å²) < 4.78 is 0. The number of nitro benzene ring substituents is 1. The van der Waals surface area contributed by atoms with Crippen LogP contribution in [0.25, 0.3) is 0 Å². The molecule has 0 aliphatic rings. The van der Waals surface area contributed by atoms with Crippen molar-refractivity contribution in [2.45, 2.75) is 6.92 Å². The van der Waals surface area contributed by atoms with Gasteiger partial charge in [-0.3, -0.25) is 19.7 Å². The fourth-order valence-electron chi connectivity index (χ4n) is 1.31. The molecule has 0 heterocycles. The Morgan fingerprint density at radius 1 is 1.32 bits per heavy atom. The van der Waals surface area contributed by atoms with E-state index in [0.29, 0.717) is 6.54 Å². The maximum Gasteiger partial charge on any atom is 0.287 e. The van der Waals surface area contributed by atoms with Gasteiger partial charge in [-0.05, 0) is 12.1 Å². The van der Waals surface area contributed by atoms with Gasteiger partial charge in [-0.15, -0.1) is 0 Å². The topological polar surface area (TPSA) is 101 Å². The van der Waals surface area contributed by atoms with Gasteiger partial charge < -0.3 is 10.6 Å². The maximum absolute atomic E-state index is 11.7. The highest BCUT2D eigenvalue weighted by molar-refractivity contribution is 6.33. The lowest BCUT2D eigenvalue weighted by molar-refractivity contribution is -0.384. The lowest BCUT2D eigenvalue weighted by Gasteiger charge is -2.06. The van der Waals surface area contributed by atoms with Gasteiger partial charge in [0.25, 0.3) is 11.6 Å². The number of hydrogen-bond donors (Lipinski definition) is 2. The van der Waals surface area contributed by atoms with Crippen LogP contribution in [0.5, 0.6) is 0 Å². The van der Waals surface area contributed by atoms with Crippen LogP contribution in [0.15, 0.2) is 18.2 Å². The van der Waals surface area contributed by atoms with E-state index in [9.17, 15) is 19.7 Å². The van der Waals surface area contributed by atoms with Crippen LogP contribution in [0, 0.1) is 10.1 Å². The van der Waals surface area contributed by atoms with Crippen molar-refractivity contribution in [1.82, 2.24) is 10.6 Å². The molecule has 1 aromatic rings. The van der Waals surface area contributed by atoms with Gasteiger partial charge in [0.05, 0.1) is 4.92 Å². The highest BCUT2D eigenvalue weighted by atomic mass is 35.5. The van der Waals surface area contributed by atoms with E-state index >= 15 is 0 Å². The minimum absolute atomic E-state index is 0.0977. The SMILES string of the molecule is CC(=O)NCCNC(=O)c1ccc([N+](=O)[O-])c(Cl)c1. The summed E-state index contributed by atoms with van der Waals surface area (Å²) in [6.45, 7) is 1.94. The Balaban J connectivity index is 2.60. The molecular formula is C11H12ClN3O4. The van der Waals surface area contributed by atoms with Gasteiger partial charge in [-0.2, -0.15) is 0 Å². The Kier molecular flexibility index (Phi) is 5.25. The highest BCUT2D eigenvalue weighted by Gasteiger charge is 2.14. The van der Waals surface area contributed by atoms with Crippen LogP contribution < -0.4 is 10.6 Å². The van der Waals surface area contributed by atoms with Gasteiger partial charge in [-0.1, -0.05) is 11.6 Å². The molecule has 2 N–H and O–H groups in total. The second kappa shape index (κ2) is 6.69. The minimum atomic E-state index is -0.624. The standard InChI is InChI=1S/C11H12ClN3O4/c1-7(16)13-4-5-14-11(17)8-2-3-10(15(18)19)9(12)6-8/h2-3,6H,4-5H2,1H3,(H,13,16)(H,14,17). The van der Waals surface area contributed by atoms with Crippen molar-refractivity contribution in [3.05, 3.63) is 38.9 Å². The van der Waals surface area contributed by atoms with E-state index in [0.717, 1.165) is 0 Å². The zero-order valence-corrected chi connectivity index (χ0v) is 10.9. The van der Waals surface area contributed by atoms with E-state index in [1.54, 1.807) is 0 Å². The van der Waals surface area contributed by atoms with E-state index in [1.807, 2.05) is 0 Å². The summed E-state index contributed by atoms with van der Waals surface area (Å²) in [4.78, 5) is 32.2. The van der Waals surface area contributed by atoms with Crippen LogP contribution in [0.3, 0.4) is 0 Å². The summed E-state index contributed by atoms with van der Waals surface area (Å²) in [7, 11) is 0. The monoisotopic (exact) mass is 285 g/mol. The third-order valence-corrected chi connectivity index (χ3v) is 2.49. The van der Waals surface area contributed by atoms with E-state index < -0.39 is 10.8 Å². The number of amides is 2. The predicted molar refractivity (Wildman–Crippen MR) is 69.1 cm³/mol. The highest BCUT2D eigenvalue weighted by Crippen LogP contribution is 2.24. The van der Waals surface area contributed by atoms with E-state index in [4.69, 9.17) is 11.6 Å². The van der Waals surface area contributed by atoms with Crippen LogP contribution in [0.2, 0.25) is 5.02 Å².